The molecule has 4 aliphatic rings. The number of hydrogen-bond donors (Lipinski definition) is 1. The fraction of sp³-hybridized carbons (Fsp3) is 0.370. The summed E-state index contributed by atoms with van der Waals surface area (Å²) in [7, 11) is -3.30. The SMILES string of the molecule is O=S(=O)(Nc1ccccc1CC[C@]12CCC3=Cc4c(cnn4-c4ccc(F)cc4)CC31O2)C1CC1. The highest BCUT2D eigenvalue weighted by atomic mass is 32.2. The van der Waals surface area contributed by atoms with Gasteiger partial charge in [-0.3, -0.25) is 4.72 Å². The molecule has 1 spiro atoms. The molecule has 3 aromatic rings. The number of aromatic nitrogens is 2. The number of anilines is 1. The summed E-state index contributed by atoms with van der Waals surface area (Å²) in [6.45, 7) is 0. The van der Waals surface area contributed by atoms with Gasteiger partial charge in [0, 0.05) is 12.0 Å². The zero-order chi connectivity index (χ0) is 23.8. The third-order valence-corrected chi connectivity index (χ3v) is 9.97. The number of halogens is 1. The van der Waals surface area contributed by atoms with E-state index in [2.05, 4.69) is 15.9 Å². The Balaban J connectivity index is 1.12. The second-order valence-corrected chi connectivity index (χ2v) is 12.2. The Morgan fingerprint density at radius 2 is 1.94 bits per heavy atom. The van der Waals surface area contributed by atoms with Gasteiger partial charge in [0.2, 0.25) is 10.0 Å². The number of rotatable bonds is 7. The number of benzene rings is 2. The average Bonchev–Trinajstić information content (AvgIpc) is 3.74. The van der Waals surface area contributed by atoms with Crippen molar-refractivity contribution >= 4 is 21.8 Å². The second kappa shape index (κ2) is 7.27. The van der Waals surface area contributed by atoms with E-state index >= 15 is 0 Å². The van der Waals surface area contributed by atoms with Gasteiger partial charge in [0.15, 0.2) is 0 Å². The van der Waals surface area contributed by atoms with Gasteiger partial charge in [-0.25, -0.2) is 17.5 Å². The van der Waals surface area contributed by atoms with Gasteiger partial charge in [0.25, 0.3) is 0 Å². The summed E-state index contributed by atoms with van der Waals surface area (Å²) in [6.07, 6.45) is 9.90. The number of nitrogens with zero attached hydrogens (tertiary/aromatic N) is 2. The van der Waals surface area contributed by atoms with E-state index in [1.807, 2.05) is 35.1 Å². The van der Waals surface area contributed by atoms with Gasteiger partial charge in [0.1, 0.15) is 17.0 Å². The molecule has 3 fully saturated rings. The van der Waals surface area contributed by atoms with Crippen molar-refractivity contribution in [3.05, 3.63) is 82.9 Å². The molecular formula is C27H26FN3O3S. The number of sulfonamides is 1. The number of hydrogen-bond acceptors (Lipinski definition) is 4. The van der Waals surface area contributed by atoms with Crippen LogP contribution in [0.25, 0.3) is 11.8 Å². The number of ether oxygens (including phenoxy) is 1. The van der Waals surface area contributed by atoms with Crippen LogP contribution < -0.4 is 4.72 Å². The van der Waals surface area contributed by atoms with Crippen molar-refractivity contribution in [2.45, 2.75) is 61.4 Å². The maximum Gasteiger partial charge on any atom is 0.235 e. The van der Waals surface area contributed by atoms with Gasteiger partial charge in [0.05, 0.1) is 28.5 Å². The molecule has 35 heavy (non-hydrogen) atoms. The molecule has 0 amide bonds. The van der Waals surface area contributed by atoms with Gasteiger partial charge in [-0.05, 0) is 86.1 Å². The third kappa shape index (κ3) is 3.30. The summed E-state index contributed by atoms with van der Waals surface area (Å²) in [5.41, 5.74) is 5.53. The largest absolute Gasteiger partial charge is 0.357 e. The van der Waals surface area contributed by atoms with Crippen LogP contribution in [-0.4, -0.2) is 34.7 Å². The van der Waals surface area contributed by atoms with Crippen LogP contribution in [0.3, 0.4) is 0 Å². The number of nitrogens with one attached hydrogen (secondary N) is 1. The van der Waals surface area contributed by atoms with Crippen LogP contribution in [0.1, 0.15) is 48.9 Å². The van der Waals surface area contributed by atoms with Crippen molar-refractivity contribution in [2.24, 2.45) is 0 Å². The highest BCUT2D eigenvalue weighted by molar-refractivity contribution is 7.93. The first-order chi connectivity index (χ1) is 16.9. The highest BCUT2D eigenvalue weighted by Crippen LogP contribution is 2.67. The van der Waals surface area contributed by atoms with Crippen molar-refractivity contribution in [1.82, 2.24) is 9.78 Å². The molecule has 2 heterocycles. The van der Waals surface area contributed by atoms with E-state index < -0.39 is 10.0 Å². The predicted octanol–water partition coefficient (Wildman–Crippen LogP) is 4.79. The monoisotopic (exact) mass is 491 g/mol. The number of epoxide rings is 1. The second-order valence-electron chi connectivity index (χ2n) is 10.2. The van der Waals surface area contributed by atoms with Crippen molar-refractivity contribution in [2.75, 3.05) is 4.72 Å². The van der Waals surface area contributed by atoms with Crippen molar-refractivity contribution in [3.8, 4) is 5.69 Å². The lowest BCUT2D eigenvalue weighted by Gasteiger charge is -2.20. The Labute approximate surface area is 203 Å². The lowest BCUT2D eigenvalue weighted by Crippen LogP contribution is -2.27. The van der Waals surface area contributed by atoms with Crippen molar-refractivity contribution in [1.29, 1.82) is 0 Å². The molecule has 0 bridgehead atoms. The molecule has 2 aromatic carbocycles. The molecule has 6 nitrogen and oxygen atoms in total. The molecule has 2 saturated carbocycles. The van der Waals surface area contributed by atoms with Crippen LogP contribution in [0.15, 0.2) is 60.3 Å². The molecule has 2 atom stereocenters. The fourth-order valence-corrected chi connectivity index (χ4v) is 7.46. The standard InChI is InChI=1S/C27H26FN3O3S/c28-21-5-7-22(8-6-21)31-25-15-20-12-14-26(27(20,34-26)16-19(25)17-29-31)13-11-18-3-1-2-4-24(18)30-35(32,33)23-9-10-23/h1-8,15,17,23,30H,9-14,16H2/t26-,27?/m0/s1. The van der Waals surface area contributed by atoms with E-state index in [0.29, 0.717) is 5.69 Å². The lowest BCUT2D eigenvalue weighted by molar-refractivity contribution is 0.235. The summed E-state index contributed by atoms with van der Waals surface area (Å²) in [5, 5.41) is 4.33. The molecular weight excluding hydrogens is 465 g/mol. The van der Waals surface area contributed by atoms with E-state index in [4.69, 9.17) is 4.74 Å². The minimum absolute atomic E-state index is 0.211. The van der Waals surface area contributed by atoms with E-state index in [1.54, 1.807) is 12.1 Å². The van der Waals surface area contributed by atoms with E-state index in [1.165, 1.54) is 17.7 Å². The van der Waals surface area contributed by atoms with Gasteiger partial charge < -0.3 is 4.74 Å². The maximum absolute atomic E-state index is 13.4. The Kier molecular flexibility index (Phi) is 4.43. The molecule has 7 rings (SSSR count). The topological polar surface area (TPSA) is 76.5 Å². The Bertz CT molecular complexity index is 1480. The minimum atomic E-state index is -3.30. The molecule has 1 saturated heterocycles. The number of fused-ring (bicyclic) bond motifs is 1. The summed E-state index contributed by atoms with van der Waals surface area (Å²) < 4.78 is 49.6. The third-order valence-electron chi connectivity index (χ3n) is 8.12. The lowest BCUT2D eigenvalue weighted by atomic mass is 9.81. The molecule has 180 valence electrons. The first kappa shape index (κ1) is 21.3. The smallest absolute Gasteiger partial charge is 0.235 e. The zero-order valence-electron chi connectivity index (χ0n) is 19.2. The van der Waals surface area contributed by atoms with Crippen LogP contribution in [0, 0.1) is 5.82 Å². The molecule has 0 radical (unpaired) electrons. The molecule has 8 heteroatoms. The van der Waals surface area contributed by atoms with Gasteiger partial charge in [-0.15, -0.1) is 0 Å². The van der Waals surface area contributed by atoms with Crippen LogP contribution in [0.5, 0.6) is 0 Å². The van der Waals surface area contributed by atoms with Crippen molar-refractivity contribution in [3.63, 3.8) is 0 Å². The Morgan fingerprint density at radius 3 is 2.74 bits per heavy atom. The van der Waals surface area contributed by atoms with E-state index in [0.717, 1.165) is 67.5 Å². The summed E-state index contributed by atoms with van der Waals surface area (Å²) in [5.74, 6) is -0.263. The van der Waals surface area contributed by atoms with Crippen LogP contribution >= 0.6 is 0 Å². The normalized spacial score (nSPS) is 26.5. The summed E-state index contributed by atoms with van der Waals surface area (Å²) in [4.78, 5) is 0. The molecule has 1 aliphatic heterocycles. The predicted molar refractivity (Wildman–Crippen MR) is 131 cm³/mol. The average molecular weight is 492 g/mol. The zero-order valence-corrected chi connectivity index (χ0v) is 20.0. The van der Waals surface area contributed by atoms with Crippen molar-refractivity contribution < 1.29 is 17.5 Å². The first-order valence-electron chi connectivity index (χ1n) is 12.2. The summed E-state index contributed by atoms with van der Waals surface area (Å²) in [6, 6.07) is 14.1. The van der Waals surface area contributed by atoms with Gasteiger partial charge in [-0.2, -0.15) is 5.10 Å². The van der Waals surface area contributed by atoms with Crippen LogP contribution in [0.4, 0.5) is 10.1 Å². The van der Waals surface area contributed by atoms with E-state index in [-0.39, 0.29) is 22.3 Å². The minimum Gasteiger partial charge on any atom is -0.357 e. The number of aryl methyl sites for hydroxylation is 1. The van der Waals surface area contributed by atoms with Gasteiger partial charge >= 0.3 is 0 Å². The van der Waals surface area contributed by atoms with Crippen LogP contribution in [0.2, 0.25) is 0 Å². The Morgan fingerprint density at radius 1 is 1.14 bits per heavy atom. The summed E-state index contributed by atoms with van der Waals surface area (Å²) >= 11 is 0. The molecule has 1 N–H and O–H groups in total. The Hall–Kier alpha value is -2.97. The molecule has 1 unspecified atom stereocenters. The molecule has 3 aliphatic carbocycles. The number of para-hydroxylation sites is 1. The van der Waals surface area contributed by atoms with Crippen LogP contribution in [-0.2, 0) is 27.6 Å². The maximum atomic E-state index is 13.4. The van der Waals surface area contributed by atoms with E-state index in [9.17, 15) is 12.8 Å². The van der Waals surface area contributed by atoms with Gasteiger partial charge in [-0.1, -0.05) is 18.2 Å². The first-order valence-corrected chi connectivity index (χ1v) is 13.8. The molecule has 1 aromatic heterocycles. The highest BCUT2D eigenvalue weighted by Gasteiger charge is 2.74. The fourth-order valence-electron chi connectivity index (χ4n) is 6.03. The quantitative estimate of drug-likeness (QED) is 0.482.